The van der Waals surface area contributed by atoms with E-state index in [9.17, 15) is 9.59 Å². The highest BCUT2D eigenvalue weighted by molar-refractivity contribution is 6.36. The molecule has 23 heavy (non-hydrogen) atoms. The molecule has 0 radical (unpaired) electrons. The average molecular weight is 360 g/mol. The summed E-state index contributed by atoms with van der Waals surface area (Å²) in [5.41, 5.74) is 0.655. The second-order valence-electron chi connectivity index (χ2n) is 6.03. The molecule has 5 nitrogen and oxygen atoms in total. The molecule has 1 aliphatic rings. The van der Waals surface area contributed by atoms with Gasteiger partial charge in [0.05, 0.1) is 38.0 Å². The Labute approximate surface area is 146 Å². The largest absolute Gasteiger partial charge is 0.515 e. The van der Waals surface area contributed by atoms with Gasteiger partial charge in [0.15, 0.2) is 0 Å². The van der Waals surface area contributed by atoms with Gasteiger partial charge in [0.2, 0.25) is 5.91 Å². The molecule has 0 aromatic heterocycles. The molecule has 7 heteroatoms. The number of anilines is 1. The minimum Gasteiger partial charge on any atom is -0.423 e. The summed E-state index contributed by atoms with van der Waals surface area (Å²) >= 11 is 12.2. The first-order valence-electron chi connectivity index (χ1n) is 7.46. The molecule has 2 rings (SSSR count). The van der Waals surface area contributed by atoms with Gasteiger partial charge in [-0.05, 0) is 18.2 Å². The Balaban J connectivity index is 2.21. The summed E-state index contributed by atoms with van der Waals surface area (Å²) in [6.45, 7) is 2.76. The van der Waals surface area contributed by atoms with Crippen LogP contribution in [0.5, 0.6) is 0 Å². The van der Waals surface area contributed by atoms with Crippen LogP contribution in [0, 0.1) is 0 Å². The summed E-state index contributed by atoms with van der Waals surface area (Å²) < 4.78 is 5.10. The van der Waals surface area contributed by atoms with Crippen molar-refractivity contribution in [2.45, 2.75) is 25.8 Å². The quantitative estimate of drug-likeness (QED) is 0.756. The molecule has 1 heterocycles. The summed E-state index contributed by atoms with van der Waals surface area (Å²) in [6, 6.07) is 5.11. The third-order valence-electron chi connectivity index (χ3n) is 4.40. The van der Waals surface area contributed by atoms with Crippen molar-refractivity contribution in [2.75, 3.05) is 32.1 Å². The Morgan fingerprint density at radius 3 is 2.35 bits per heavy atom. The maximum Gasteiger partial charge on any atom is 0.515 e. The molecule has 1 aliphatic heterocycles. The molecule has 0 bridgehead atoms. The highest BCUT2D eigenvalue weighted by Gasteiger charge is 2.40. The highest BCUT2D eigenvalue weighted by atomic mass is 35.5. The summed E-state index contributed by atoms with van der Waals surface area (Å²) in [5.74, 6) is -0.0756. The zero-order chi connectivity index (χ0) is 17.2. The lowest BCUT2D eigenvalue weighted by atomic mass is 10.0. The number of halogens is 2. The van der Waals surface area contributed by atoms with Crippen LogP contribution in [0.1, 0.15) is 19.8 Å². The van der Waals surface area contributed by atoms with Crippen molar-refractivity contribution in [3.8, 4) is 0 Å². The number of hydrogen-bond donors (Lipinski definition) is 0. The van der Waals surface area contributed by atoms with Gasteiger partial charge in [0.1, 0.15) is 0 Å². The first kappa shape index (κ1) is 18.0. The van der Waals surface area contributed by atoms with E-state index < -0.39 is 0 Å². The molecule has 1 saturated heterocycles. The normalized spacial score (nSPS) is 24.1. The number of hydrogen-bond acceptors (Lipinski definition) is 3. The van der Waals surface area contributed by atoms with E-state index in [1.165, 1.54) is 14.0 Å². The Morgan fingerprint density at radius 1 is 1.26 bits per heavy atom. The maximum absolute atomic E-state index is 12.2. The van der Waals surface area contributed by atoms with E-state index in [-0.39, 0.29) is 22.5 Å². The molecular formula is C16H21Cl2N2O3+. The smallest absolute Gasteiger partial charge is 0.423 e. The third kappa shape index (κ3) is 3.79. The van der Waals surface area contributed by atoms with Crippen molar-refractivity contribution in [3.63, 3.8) is 0 Å². The van der Waals surface area contributed by atoms with Gasteiger partial charge in [-0.1, -0.05) is 23.2 Å². The summed E-state index contributed by atoms with van der Waals surface area (Å²) in [4.78, 5) is 25.8. The van der Waals surface area contributed by atoms with Crippen molar-refractivity contribution in [1.82, 2.24) is 0 Å². The summed E-state index contributed by atoms with van der Waals surface area (Å²) in [7, 11) is 3.25. The number of piperidine rings is 1. The molecule has 126 valence electrons. The standard InChI is InChI=1S/C16H21Cl2N2O3/c1-11(21)19(15-5-4-12(17)10-14(15)18)13-6-8-20(2,9-7-13)16(22)23-3/h4-5,10,13H,6-9H2,1-3H3/q+1. The second-order valence-corrected chi connectivity index (χ2v) is 6.87. The molecule has 1 aromatic carbocycles. The number of rotatable bonds is 2. The van der Waals surface area contributed by atoms with Gasteiger partial charge in [-0.25, -0.2) is 4.48 Å². The van der Waals surface area contributed by atoms with Crippen molar-refractivity contribution >= 4 is 40.9 Å². The van der Waals surface area contributed by atoms with Crippen LogP contribution in [0.2, 0.25) is 10.0 Å². The van der Waals surface area contributed by atoms with Crippen LogP contribution in [0.15, 0.2) is 18.2 Å². The second kappa shape index (κ2) is 7.07. The Bertz CT molecular complexity index is 613. The van der Waals surface area contributed by atoms with Gasteiger partial charge >= 0.3 is 6.09 Å². The molecule has 1 fully saturated rings. The lowest BCUT2D eigenvalue weighted by Crippen LogP contribution is -2.58. The maximum atomic E-state index is 12.2. The fourth-order valence-electron chi connectivity index (χ4n) is 3.09. The number of carbonyl (C=O) groups excluding carboxylic acids is 2. The lowest BCUT2D eigenvalue weighted by Gasteiger charge is -2.40. The Hall–Kier alpha value is -1.30. The van der Waals surface area contributed by atoms with E-state index in [1.807, 2.05) is 7.05 Å². The predicted octanol–water partition coefficient (Wildman–Crippen LogP) is 3.72. The van der Waals surface area contributed by atoms with E-state index in [4.69, 9.17) is 27.9 Å². The number of methoxy groups -OCH3 is 1. The van der Waals surface area contributed by atoms with E-state index in [0.717, 1.165) is 0 Å². The number of ether oxygens (including phenoxy) is 1. The van der Waals surface area contributed by atoms with Crippen molar-refractivity contribution in [1.29, 1.82) is 0 Å². The molecule has 0 N–H and O–H groups in total. The molecule has 0 atom stereocenters. The van der Waals surface area contributed by atoms with Gasteiger partial charge in [0.25, 0.3) is 0 Å². The predicted molar refractivity (Wildman–Crippen MR) is 91.0 cm³/mol. The Morgan fingerprint density at radius 2 is 1.87 bits per heavy atom. The van der Waals surface area contributed by atoms with Crippen LogP contribution >= 0.6 is 23.2 Å². The van der Waals surface area contributed by atoms with Crippen molar-refractivity contribution in [2.24, 2.45) is 0 Å². The van der Waals surface area contributed by atoms with Crippen molar-refractivity contribution < 1.29 is 18.8 Å². The van der Waals surface area contributed by atoms with Crippen molar-refractivity contribution in [3.05, 3.63) is 28.2 Å². The first-order chi connectivity index (χ1) is 10.8. The number of likely N-dealkylation sites (tertiary alicyclic amines) is 1. The summed E-state index contributed by atoms with van der Waals surface area (Å²) in [5, 5.41) is 0.976. The Kier molecular flexibility index (Phi) is 5.55. The van der Waals surface area contributed by atoms with Gasteiger partial charge in [0, 0.05) is 30.8 Å². The number of carbonyl (C=O) groups is 2. The van der Waals surface area contributed by atoms with E-state index in [1.54, 1.807) is 23.1 Å². The molecule has 1 aromatic rings. The van der Waals surface area contributed by atoms with Crippen LogP contribution in [-0.4, -0.2) is 49.8 Å². The SMILES string of the molecule is COC(=O)[N+]1(C)CCC(N(C(C)=O)c2ccc(Cl)cc2Cl)CC1. The zero-order valence-corrected chi connectivity index (χ0v) is 15.0. The van der Waals surface area contributed by atoms with Crippen LogP contribution in [-0.2, 0) is 9.53 Å². The van der Waals surface area contributed by atoms with E-state index in [0.29, 0.717) is 41.7 Å². The zero-order valence-electron chi connectivity index (χ0n) is 13.5. The fourth-order valence-corrected chi connectivity index (χ4v) is 3.58. The van der Waals surface area contributed by atoms with E-state index in [2.05, 4.69) is 0 Å². The van der Waals surface area contributed by atoms with Crippen LogP contribution in [0.3, 0.4) is 0 Å². The topological polar surface area (TPSA) is 46.6 Å². The van der Waals surface area contributed by atoms with Gasteiger partial charge in [-0.2, -0.15) is 4.79 Å². The van der Waals surface area contributed by atoms with E-state index >= 15 is 0 Å². The molecule has 2 amide bonds. The average Bonchev–Trinajstić information content (AvgIpc) is 2.50. The molecule has 0 spiro atoms. The number of quaternary nitrogens is 1. The van der Waals surface area contributed by atoms with Crippen LogP contribution in [0.25, 0.3) is 0 Å². The van der Waals surface area contributed by atoms with Gasteiger partial charge in [-0.3, -0.25) is 4.79 Å². The highest BCUT2D eigenvalue weighted by Crippen LogP contribution is 2.33. The minimum atomic E-state index is -0.248. The monoisotopic (exact) mass is 359 g/mol. The molecule has 0 aliphatic carbocycles. The van der Waals surface area contributed by atoms with Crippen LogP contribution in [0.4, 0.5) is 10.5 Å². The van der Waals surface area contributed by atoms with Gasteiger partial charge in [-0.15, -0.1) is 0 Å². The minimum absolute atomic E-state index is 0.00188. The molecule has 0 saturated carbocycles. The number of nitrogens with zero attached hydrogens (tertiary/aromatic N) is 2. The van der Waals surface area contributed by atoms with Crippen LogP contribution < -0.4 is 4.90 Å². The fraction of sp³-hybridized carbons (Fsp3) is 0.500. The number of amides is 2. The third-order valence-corrected chi connectivity index (χ3v) is 4.94. The van der Waals surface area contributed by atoms with Gasteiger partial charge < -0.3 is 9.64 Å². The number of benzene rings is 1. The first-order valence-corrected chi connectivity index (χ1v) is 8.22. The molecule has 0 unspecified atom stereocenters. The molecular weight excluding hydrogens is 339 g/mol. The lowest BCUT2D eigenvalue weighted by molar-refractivity contribution is -0.843. The summed E-state index contributed by atoms with van der Waals surface area (Å²) in [6.07, 6.45) is 1.15.